The van der Waals surface area contributed by atoms with Gasteiger partial charge in [0, 0.05) is 0 Å². The van der Waals surface area contributed by atoms with Crippen LogP contribution in [0, 0.1) is 5.82 Å². The molecule has 0 aliphatic heterocycles. The predicted molar refractivity (Wildman–Crippen MR) is 52.1 cm³/mol. The van der Waals surface area contributed by atoms with Gasteiger partial charge in [-0.2, -0.15) is 0 Å². The van der Waals surface area contributed by atoms with E-state index in [1.807, 2.05) is 13.8 Å². The van der Waals surface area contributed by atoms with Gasteiger partial charge in [0.1, 0.15) is 5.82 Å². The van der Waals surface area contributed by atoms with E-state index in [2.05, 4.69) is 0 Å². The molecular formula is C11H15F3. The number of halogens is 3. The van der Waals surface area contributed by atoms with E-state index in [0.717, 1.165) is 6.07 Å². The van der Waals surface area contributed by atoms with Crippen LogP contribution < -0.4 is 0 Å². The van der Waals surface area contributed by atoms with Gasteiger partial charge in [-0.3, -0.25) is 0 Å². The molecule has 1 aromatic rings. The van der Waals surface area contributed by atoms with Gasteiger partial charge in [0.25, 0.3) is 6.43 Å². The van der Waals surface area contributed by atoms with Crippen LogP contribution in [0.25, 0.3) is 0 Å². The van der Waals surface area contributed by atoms with Crippen LogP contribution in [0.1, 0.15) is 38.3 Å². The first-order valence-electron chi connectivity index (χ1n) is 4.72. The van der Waals surface area contributed by atoms with Crippen molar-refractivity contribution in [2.75, 3.05) is 0 Å². The highest BCUT2D eigenvalue weighted by atomic mass is 19.3. The van der Waals surface area contributed by atoms with Crippen molar-refractivity contribution >= 4 is 0 Å². The molecule has 0 unspecified atom stereocenters. The highest BCUT2D eigenvalue weighted by Gasteiger charge is 2.14. The summed E-state index contributed by atoms with van der Waals surface area (Å²) in [5, 5.41) is 0. The molecule has 0 saturated heterocycles. The quantitative estimate of drug-likeness (QED) is 0.671. The van der Waals surface area contributed by atoms with Gasteiger partial charge in [0.15, 0.2) is 0 Å². The molecular weight excluding hydrogens is 189 g/mol. The smallest absolute Gasteiger partial charge is 0.206 e. The zero-order valence-electron chi connectivity index (χ0n) is 8.65. The van der Waals surface area contributed by atoms with Crippen LogP contribution in [-0.4, -0.2) is 0 Å². The highest BCUT2D eigenvalue weighted by Crippen LogP contribution is 2.23. The number of alkyl halides is 2. The van der Waals surface area contributed by atoms with Crippen molar-refractivity contribution in [3.63, 3.8) is 0 Å². The molecule has 3 heteroatoms. The van der Waals surface area contributed by atoms with Crippen LogP contribution in [0.15, 0.2) is 18.2 Å². The molecule has 80 valence electrons. The maximum absolute atomic E-state index is 13.0. The summed E-state index contributed by atoms with van der Waals surface area (Å²) in [6, 6.07) is 4.07. The second-order valence-electron chi connectivity index (χ2n) is 2.47. The summed E-state index contributed by atoms with van der Waals surface area (Å²) < 4.78 is 37.3. The predicted octanol–water partition coefficient (Wildman–Crippen LogP) is 4.35. The maximum atomic E-state index is 13.0. The first-order valence-corrected chi connectivity index (χ1v) is 4.72. The molecule has 0 saturated carbocycles. The summed E-state index contributed by atoms with van der Waals surface area (Å²) in [4.78, 5) is 0. The first kappa shape index (κ1) is 13.0. The van der Waals surface area contributed by atoms with Crippen molar-refractivity contribution in [1.29, 1.82) is 0 Å². The molecule has 0 radical (unpaired) electrons. The van der Waals surface area contributed by atoms with Crippen LogP contribution in [0.3, 0.4) is 0 Å². The monoisotopic (exact) mass is 204 g/mol. The Morgan fingerprint density at radius 3 is 2.21 bits per heavy atom. The van der Waals surface area contributed by atoms with Gasteiger partial charge in [0.05, 0.1) is 5.56 Å². The number of rotatable bonds is 2. The summed E-state index contributed by atoms with van der Waals surface area (Å²) in [5.41, 5.74) is -0.165. The van der Waals surface area contributed by atoms with Crippen LogP contribution >= 0.6 is 0 Å². The van der Waals surface area contributed by atoms with E-state index in [1.165, 1.54) is 12.1 Å². The Labute approximate surface area is 82.8 Å². The number of benzene rings is 1. The molecule has 0 aromatic heterocycles. The van der Waals surface area contributed by atoms with E-state index in [-0.39, 0.29) is 0 Å². The second-order valence-corrected chi connectivity index (χ2v) is 2.47. The first-order chi connectivity index (χ1) is 6.66. The molecule has 0 spiro atoms. The zero-order valence-corrected chi connectivity index (χ0v) is 8.65. The minimum atomic E-state index is -2.73. The number of aryl methyl sites for hydroxylation is 1. The van der Waals surface area contributed by atoms with Crippen LogP contribution in [0.2, 0.25) is 0 Å². The lowest BCUT2D eigenvalue weighted by atomic mass is 10.1. The minimum absolute atomic E-state index is 0.341. The zero-order chi connectivity index (χ0) is 11.1. The molecule has 0 nitrogen and oxygen atoms in total. The lowest BCUT2D eigenvalue weighted by molar-refractivity contribution is 0.146. The van der Waals surface area contributed by atoms with Gasteiger partial charge in [-0.05, 0) is 12.0 Å². The van der Waals surface area contributed by atoms with E-state index in [0.29, 0.717) is 12.0 Å². The standard InChI is InChI=1S/C9H9F3.C2H6/c1-2-6-4-3-5-7(8(6)10)9(11)12;1-2/h3-5,9H,2H2,1H3;1-2H3. The number of hydrogen-bond donors (Lipinski definition) is 0. The van der Waals surface area contributed by atoms with E-state index >= 15 is 0 Å². The summed E-state index contributed by atoms with van der Waals surface area (Å²) in [6.07, 6.45) is -2.29. The van der Waals surface area contributed by atoms with E-state index in [9.17, 15) is 13.2 Å². The van der Waals surface area contributed by atoms with E-state index in [4.69, 9.17) is 0 Å². The largest absolute Gasteiger partial charge is 0.266 e. The Hall–Kier alpha value is -0.990. The molecule has 0 aliphatic rings. The van der Waals surface area contributed by atoms with Crippen LogP contribution in [0.4, 0.5) is 13.2 Å². The topological polar surface area (TPSA) is 0 Å². The lowest BCUT2D eigenvalue weighted by Gasteiger charge is -2.04. The molecule has 0 atom stereocenters. The Morgan fingerprint density at radius 1 is 1.21 bits per heavy atom. The normalized spacial score (nSPS) is 9.64. The van der Waals surface area contributed by atoms with Crippen molar-refractivity contribution in [2.45, 2.75) is 33.6 Å². The van der Waals surface area contributed by atoms with Crippen molar-refractivity contribution in [3.05, 3.63) is 35.1 Å². The Bertz CT molecular complexity index is 269. The summed E-state index contributed by atoms with van der Waals surface area (Å²) in [6.45, 7) is 5.73. The molecule has 0 aliphatic carbocycles. The fraction of sp³-hybridized carbons (Fsp3) is 0.455. The van der Waals surface area contributed by atoms with Gasteiger partial charge in [-0.1, -0.05) is 39.0 Å². The third-order valence-corrected chi connectivity index (χ3v) is 1.72. The molecule has 1 aromatic carbocycles. The van der Waals surface area contributed by atoms with Crippen LogP contribution in [-0.2, 0) is 6.42 Å². The maximum Gasteiger partial charge on any atom is 0.266 e. The fourth-order valence-corrected chi connectivity index (χ4v) is 1.04. The second kappa shape index (κ2) is 6.46. The minimum Gasteiger partial charge on any atom is -0.206 e. The van der Waals surface area contributed by atoms with E-state index in [1.54, 1.807) is 6.92 Å². The average molecular weight is 204 g/mol. The molecule has 0 heterocycles. The van der Waals surface area contributed by atoms with Gasteiger partial charge in [-0.15, -0.1) is 0 Å². The van der Waals surface area contributed by atoms with Gasteiger partial charge in [0.2, 0.25) is 0 Å². The van der Waals surface area contributed by atoms with E-state index < -0.39 is 17.8 Å². The molecule has 0 bridgehead atoms. The van der Waals surface area contributed by atoms with Crippen molar-refractivity contribution < 1.29 is 13.2 Å². The summed E-state index contributed by atoms with van der Waals surface area (Å²) in [7, 11) is 0. The molecule has 0 fully saturated rings. The Morgan fingerprint density at radius 2 is 1.79 bits per heavy atom. The van der Waals surface area contributed by atoms with Gasteiger partial charge >= 0.3 is 0 Å². The molecule has 0 N–H and O–H groups in total. The Kier molecular flexibility index (Phi) is 6.00. The third-order valence-electron chi connectivity index (χ3n) is 1.72. The Balaban J connectivity index is 0.000000791. The van der Waals surface area contributed by atoms with Crippen molar-refractivity contribution in [1.82, 2.24) is 0 Å². The van der Waals surface area contributed by atoms with Crippen molar-refractivity contribution in [3.8, 4) is 0 Å². The number of hydrogen-bond acceptors (Lipinski definition) is 0. The highest BCUT2D eigenvalue weighted by molar-refractivity contribution is 5.26. The molecule has 0 amide bonds. The van der Waals surface area contributed by atoms with Gasteiger partial charge in [-0.25, -0.2) is 13.2 Å². The molecule has 14 heavy (non-hydrogen) atoms. The summed E-state index contributed by atoms with van der Waals surface area (Å²) >= 11 is 0. The average Bonchev–Trinajstić information content (AvgIpc) is 2.21. The molecule has 1 rings (SSSR count). The lowest BCUT2D eigenvalue weighted by Crippen LogP contribution is -1.95. The third kappa shape index (κ3) is 3.05. The van der Waals surface area contributed by atoms with Gasteiger partial charge < -0.3 is 0 Å². The van der Waals surface area contributed by atoms with Crippen molar-refractivity contribution in [2.24, 2.45) is 0 Å². The van der Waals surface area contributed by atoms with Crippen LogP contribution in [0.5, 0.6) is 0 Å². The summed E-state index contributed by atoms with van der Waals surface area (Å²) in [5.74, 6) is -0.769. The fourth-order valence-electron chi connectivity index (χ4n) is 1.04. The SMILES string of the molecule is CC.CCc1cccc(C(F)F)c1F.